The van der Waals surface area contributed by atoms with Crippen LogP contribution < -0.4 is 18.9 Å². The lowest BCUT2D eigenvalue weighted by molar-refractivity contribution is -0.134. The fourth-order valence-electron chi connectivity index (χ4n) is 2.86. The standard InChI is InChI=1S/C23H24O8/c1-14(24)28-20-10-8-18(12-22(20)30-16(3)26)6-5-7-19-9-11-21(29-15(2)25)23(13-19)31-17(4)27/h8-13H,5-7H2,1-4H3. The van der Waals surface area contributed by atoms with E-state index in [4.69, 9.17) is 18.9 Å². The largest absolute Gasteiger partial charge is 0.423 e. The van der Waals surface area contributed by atoms with Crippen LogP contribution in [-0.2, 0) is 32.0 Å². The maximum atomic E-state index is 11.3. The minimum Gasteiger partial charge on any atom is -0.423 e. The fourth-order valence-corrected chi connectivity index (χ4v) is 2.86. The Labute approximate surface area is 180 Å². The molecule has 2 rings (SSSR count). The van der Waals surface area contributed by atoms with Gasteiger partial charge in [-0.3, -0.25) is 19.2 Å². The second kappa shape index (κ2) is 10.9. The molecule has 0 spiro atoms. The van der Waals surface area contributed by atoms with Crippen molar-refractivity contribution in [1.82, 2.24) is 0 Å². The second-order valence-electron chi connectivity index (χ2n) is 6.79. The van der Waals surface area contributed by atoms with E-state index in [0.717, 1.165) is 17.5 Å². The lowest BCUT2D eigenvalue weighted by Crippen LogP contribution is -2.08. The molecule has 0 radical (unpaired) electrons. The molecule has 0 saturated carbocycles. The van der Waals surface area contributed by atoms with E-state index in [0.29, 0.717) is 12.8 Å². The van der Waals surface area contributed by atoms with Crippen LogP contribution in [0.1, 0.15) is 45.2 Å². The predicted octanol–water partition coefficient (Wildman–Crippen LogP) is 3.56. The van der Waals surface area contributed by atoms with Crippen LogP contribution in [0.2, 0.25) is 0 Å². The summed E-state index contributed by atoms with van der Waals surface area (Å²) in [5, 5.41) is 0. The summed E-state index contributed by atoms with van der Waals surface area (Å²) in [6.07, 6.45) is 2.05. The first-order valence-corrected chi connectivity index (χ1v) is 9.63. The summed E-state index contributed by atoms with van der Waals surface area (Å²) in [4.78, 5) is 45.1. The first-order chi connectivity index (χ1) is 14.6. The minimum absolute atomic E-state index is 0.179. The zero-order chi connectivity index (χ0) is 23.0. The Morgan fingerprint density at radius 2 is 0.871 bits per heavy atom. The topological polar surface area (TPSA) is 105 Å². The van der Waals surface area contributed by atoms with Crippen molar-refractivity contribution in [1.29, 1.82) is 0 Å². The van der Waals surface area contributed by atoms with E-state index < -0.39 is 23.9 Å². The van der Waals surface area contributed by atoms with Gasteiger partial charge in [-0.2, -0.15) is 0 Å². The van der Waals surface area contributed by atoms with Crippen molar-refractivity contribution in [2.75, 3.05) is 0 Å². The van der Waals surface area contributed by atoms with Crippen molar-refractivity contribution < 1.29 is 38.1 Å². The van der Waals surface area contributed by atoms with Crippen molar-refractivity contribution in [3.05, 3.63) is 47.5 Å². The highest BCUT2D eigenvalue weighted by Crippen LogP contribution is 2.31. The number of ether oxygens (including phenoxy) is 4. The van der Waals surface area contributed by atoms with Crippen LogP contribution >= 0.6 is 0 Å². The first-order valence-electron chi connectivity index (χ1n) is 9.63. The highest BCUT2D eigenvalue weighted by atomic mass is 16.6. The van der Waals surface area contributed by atoms with Crippen LogP contribution in [0.4, 0.5) is 0 Å². The molecule has 2 aromatic carbocycles. The Morgan fingerprint density at radius 3 is 1.19 bits per heavy atom. The Balaban J connectivity index is 2.09. The number of carbonyl (C=O) groups is 4. The molecule has 0 saturated heterocycles. The number of esters is 4. The number of aryl methyl sites for hydroxylation is 2. The molecular formula is C23H24O8. The monoisotopic (exact) mass is 428 g/mol. The van der Waals surface area contributed by atoms with Crippen molar-refractivity contribution in [2.24, 2.45) is 0 Å². The first kappa shape index (κ1) is 23.6. The van der Waals surface area contributed by atoms with Gasteiger partial charge in [0.05, 0.1) is 0 Å². The second-order valence-corrected chi connectivity index (χ2v) is 6.79. The molecule has 0 heterocycles. The molecule has 31 heavy (non-hydrogen) atoms. The van der Waals surface area contributed by atoms with Crippen molar-refractivity contribution in [2.45, 2.75) is 47.0 Å². The van der Waals surface area contributed by atoms with Crippen molar-refractivity contribution in [3.63, 3.8) is 0 Å². The van der Waals surface area contributed by atoms with Crippen molar-refractivity contribution >= 4 is 23.9 Å². The molecule has 164 valence electrons. The normalized spacial score (nSPS) is 10.2. The Bertz CT molecular complexity index is 914. The number of carbonyl (C=O) groups excluding carboxylic acids is 4. The predicted molar refractivity (Wildman–Crippen MR) is 110 cm³/mol. The van der Waals surface area contributed by atoms with Gasteiger partial charge in [-0.25, -0.2) is 0 Å². The number of hydrogen-bond donors (Lipinski definition) is 0. The van der Waals surface area contributed by atoms with Gasteiger partial charge in [0.1, 0.15) is 0 Å². The van der Waals surface area contributed by atoms with Gasteiger partial charge in [0, 0.05) is 27.7 Å². The van der Waals surface area contributed by atoms with E-state index in [1.54, 1.807) is 36.4 Å². The summed E-state index contributed by atoms with van der Waals surface area (Å²) in [6.45, 7) is 5.07. The van der Waals surface area contributed by atoms with Gasteiger partial charge < -0.3 is 18.9 Å². The summed E-state index contributed by atoms with van der Waals surface area (Å²) < 4.78 is 20.4. The van der Waals surface area contributed by atoms with Gasteiger partial charge in [0.2, 0.25) is 0 Å². The Hall–Kier alpha value is -3.68. The zero-order valence-corrected chi connectivity index (χ0v) is 17.9. The Kier molecular flexibility index (Phi) is 8.31. The molecule has 0 unspecified atom stereocenters. The summed E-state index contributed by atoms with van der Waals surface area (Å²) in [6, 6.07) is 10.1. The molecule has 0 aromatic heterocycles. The van der Waals surface area contributed by atoms with Crippen molar-refractivity contribution in [3.8, 4) is 23.0 Å². The third-order valence-electron chi connectivity index (χ3n) is 3.96. The van der Waals surface area contributed by atoms with Crippen LogP contribution in [0.3, 0.4) is 0 Å². The van der Waals surface area contributed by atoms with E-state index in [9.17, 15) is 19.2 Å². The molecule has 0 aliphatic rings. The fraction of sp³-hybridized carbons (Fsp3) is 0.304. The molecule has 8 heteroatoms. The third-order valence-corrected chi connectivity index (χ3v) is 3.96. The average Bonchev–Trinajstić information content (AvgIpc) is 2.64. The zero-order valence-electron chi connectivity index (χ0n) is 17.9. The average molecular weight is 428 g/mol. The minimum atomic E-state index is -0.517. The highest BCUT2D eigenvalue weighted by molar-refractivity contribution is 5.74. The summed E-state index contributed by atoms with van der Waals surface area (Å²) in [5.74, 6) is -1.33. The van der Waals surface area contributed by atoms with Gasteiger partial charge in [-0.1, -0.05) is 12.1 Å². The van der Waals surface area contributed by atoms with Crippen LogP contribution in [0.25, 0.3) is 0 Å². The van der Waals surface area contributed by atoms with E-state index in [2.05, 4.69) is 0 Å². The molecule has 8 nitrogen and oxygen atoms in total. The summed E-state index contributed by atoms with van der Waals surface area (Å²) in [5.41, 5.74) is 1.78. The SMILES string of the molecule is CC(=O)Oc1ccc(CCCc2ccc(OC(C)=O)c(OC(C)=O)c2)cc1OC(C)=O. The lowest BCUT2D eigenvalue weighted by Gasteiger charge is -2.12. The van der Waals surface area contributed by atoms with Crippen LogP contribution in [-0.4, -0.2) is 23.9 Å². The highest BCUT2D eigenvalue weighted by Gasteiger charge is 2.13. The van der Waals surface area contributed by atoms with Crippen LogP contribution in [0.15, 0.2) is 36.4 Å². The molecule has 0 aliphatic heterocycles. The lowest BCUT2D eigenvalue weighted by atomic mass is 10.0. The molecule has 0 atom stereocenters. The van der Waals surface area contributed by atoms with Gasteiger partial charge >= 0.3 is 23.9 Å². The molecule has 0 fully saturated rings. The maximum Gasteiger partial charge on any atom is 0.308 e. The molecule has 0 N–H and O–H groups in total. The molecule has 0 aliphatic carbocycles. The molecular weight excluding hydrogens is 404 g/mol. The molecule has 2 aromatic rings. The van der Waals surface area contributed by atoms with Gasteiger partial charge in [0.25, 0.3) is 0 Å². The summed E-state index contributed by atoms with van der Waals surface area (Å²) >= 11 is 0. The molecule has 0 bridgehead atoms. The molecule has 0 amide bonds. The van der Waals surface area contributed by atoms with Crippen LogP contribution in [0.5, 0.6) is 23.0 Å². The van der Waals surface area contributed by atoms with Gasteiger partial charge in [0.15, 0.2) is 23.0 Å². The van der Waals surface area contributed by atoms with E-state index in [-0.39, 0.29) is 23.0 Å². The van der Waals surface area contributed by atoms with E-state index >= 15 is 0 Å². The van der Waals surface area contributed by atoms with E-state index in [1.165, 1.54) is 27.7 Å². The van der Waals surface area contributed by atoms with Crippen LogP contribution in [0, 0.1) is 0 Å². The Morgan fingerprint density at radius 1 is 0.548 bits per heavy atom. The number of benzene rings is 2. The van der Waals surface area contributed by atoms with Gasteiger partial charge in [-0.15, -0.1) is 0 Å². The van der Waals surface area contributed by atoms with Gasteiger partial charge in [-0.05, 0) is 54.7 Å². The number of rotatable bonds is 8. The smallest absolute Gasteiger partial charge is 0.308 e. The third kappa shape index (κ3) is 7.93. The number of hydrogen-bond acceptors (Lipinski definition) is 8. The van der Waals surface area contributed by atoms with E-state index in [1.807, 2.05) is 0 Å². The maximum absolute atomic E-state index is 11.3. The quantitative estimate of drug-likeness (QED) is 0.464. The summed E-state index contributed by atoms with van der Waals surface area (Å²) in [7, 11) is 0.